The number of allylic oxidation sites excluding steroid dienone is 1. The zero-order valence-electron chi connectivity index (χ0n) is 12.1. The molecule has 0 spiro atoms. The van der Waals surface area contributed by atoms with Crippen LogP contribution in [0.15, 0.2) is 61.3 Å². The van der Waals surface area contributed by atoms with Gasteiger partial charge in [0.15, 0.2) is 0 Å². The molecule has 0 aliphatic heterocycles. The molecule has 0 radical (unpaired) electrons. The molecular formula is C17H18N2O2. The average molecular weight is 282 g/mol. The number of hydrogen-bond acceptors (Lipinski definition) is 3. The van der Waals surface area contributed by atoms with E-state index >= 15 is 0 Å². The molecule has 0 saturated heterocycles. The molecule has 0 N–H and O–H groups in total. The van der Waals surface area contributed by atoms with Crippen molar-refractivity contribution < 1.29 is 9.53 Å². The first kappa shape index (κ1) is 14.8. The number of carbonyl (C=O) groups excluding carboxylic acids is 1. The molecule has 0 bridgehead atoms. The van der Waals surface area contributed by atoms with E-state index in [4.69, 9.17) is 4.74 Å². The van der Waals surface area contributed by atoms with E-state index in [2.05, 4.69) is 18.1 Å². The number of rotatable bonds is 6. The van der Waals surface area contributed by atoms with Crippen LogP contribution >= 0.6 is 0 Å². The molecule has 2 rings (SSSR count). The van der Waals surface area contributed by atoms with Crippen LogP contribution in [-0.4, -0.2) is 15.5 Å². The van der Waals surface area contributed by atoms with Crippen molar-refractivity contribution in [1.29, 1.82) is 0 Å². The van der Waals surface area contributed by atoms with E-state index in [1.165, 1.54) is 0 Å². The van der Waals surface area contributed by atoms with Crippen LogP contribution in [0, 0.1) is 0 Å². The first-order chi connectivity index (χ1) is 10.1. The van der Waals surface area contributed by atoms with Crippen LogP contribution in [0.25, 0.3) is 11.4 Å². The normalized spacial score (nSPS) is 10.1. The predicted octanol–water partition coefficient (Wildman–Crippen LogP) is 3.36. The minimum Gasteiger partial charge on any atom is -0.456 e. The Morgan fingerprint density at radius 2 is 2.10 bits per heavy atom. The molecule has 0 atom stereocenters. The maximum atomic E-state index is 11.5. The molecule has 0 aliphatic rings. The number of hydrogen-bond donors (Lipinski definition) is 0. The smallest absolute Gasteiger partial charge is 0.333 e. The van der Waals surface area contributed by atoms with Crippen LogP contribution in [-0.2, 0) is 22.7 Å². The highest BCUT2D eigenvalue weighted by Crippen LogP contribution is 2.20. The van der Waals surface area contributed by atoms with Gasteiger partial charge in [-0.15, -0.1) is 6.58 Å². The topological polar surface area (TPSA) is 44.1 Å². The number of imidazole rings is 1. The molecule has 21 heavy (non-hydrogen) atoms. The second kappa shape index (κ2) is 6.70. The molecule has 0 amide bonds. The maximum Gasteiger partial charge on any atom is 0.333 e. The fourth-order valence-electron chi connectivity index (χ4n) is 1.94. The van der Waals surface area contributed by atoms with Crippen LogP contribution in [0.3, 0.4) is 0 Å². The highest BCUT2D eigenvalue weighted by Gasteiger charge is 2.12. The van der Waals surface area contributed by atoms with Gasteiger partial charge in [0.05, 0.1) is 11.9 Å². The zero-order valence-corrected chi connectivity index (χ0v) is 12.1. The van der Waals surface area contributed by atoms with Crippen LogP contribution < -0.4 is 0 Å². The lowest BCUT2D eigenvalue weighted by atomic mass is 10.2. The van der Waals surface area contributed by atoms with Crippen LogP contribution in [0.4, 0.5) is 0 Å². The summed E-state index contributed by atoms with van der Waals surface area (Å²) in [4.78, 5) is 15.9. The number of ether oxygens (including phenoxy) is 1. The molecule has 4 heteroatoms. The second-order valence-corrected chi connectivity index (χ2v) is 4.69. The third-order valence-corrected chi connectivity index (χ3v) is 2.98. The fourth-order valence-corrected chi connectivity index (χ4v) is 1.94. The molecule has 108 valence electrons. The summed E-state index contributed by atoms with van der Waals surface area (Å²) in [6.45, 7) is 9.72. The lowest BCUT2D eigenvalue weighted by Gasteiger charge is -2.10. The number of benzene rings is 1. The van der Waals surface area contributed by atoms with Gasteiger partial charge in [-0.1, -0.05) is 43.0 Å². The van der Waals surface area contributed by atoms with E-state index in [0.29, 0.717) is 12.1 Å². The first-order valence-corrected chi connectivity index (χ1v) is 6.67. The van der Waals surface area contributed by atoms with E-state index < -0.39 is 5.97 Å². The lowest BCUT2D eigenvalue weighted by Crippen LogP contribution is -2.09. The number of aromatic nitrogens is 2. The summed E-state index contributed by atoms with van der Waals surface area (Å²) >= 11 is 0. The minimum atomic E-state index is -0.400. The molecule has 1 aromatic heterocycles. The lowest BCUT2D eigenvalue weighted by molar-refractivity contribution is -0.140. The van der Waals surface area contributed by atoms with E-state index in [-0.39, 0.29) is 6.61 Å². The monoisotopic (exact) mass is 282 g/mol. The maximum absolute atomic E-state index is 11.5. The summed E-state index contributed by atoms with van der Waals surface area (Å²) in [6, 6.07) is 9.86. The summed E-state index contributed by atoms with van der Waals surface area (Å²) in [6.07, 6.45) is 3.51. The molecule has 0 aliphatic carbocycles. The van der Waals surface area contributed by atoms with Gasteiger partial charge >= 0.3 is 5.97 Å². The van der Waals surface area contributed by atoms with Crippen molar-refractivity contribution in [1.82, 2.24) is 9.55 Å². The summed E-state index contributed by atoms with van der Waals surface area (Å²) in [5.74, 6) is 0.430. The summed E-state index contributed by atoms with van der Waals surface area (Å²) < 4.78 is 7.17. The van der Waals surface area contributed by atoms with Crippen molar-refractivity contribution in [3.63, 3.8) is 0 Å². The molecule has 1 heterocycles. The average Bonchev–Trinajstić information content (AvgIpc) is 2.89. The standard InChI is InChI=1S/C17H18N2O2/c1-4-10-19-15(12-21-17(20)13(2)3)11-18-16(19)14-8-6-5-7-9-14/h4-9,11H,1-2,10,12H2,3H3. The second-order valence-electron chi connectivity index (χ2n) is 4.69. The van der Waals surface area contributed by atoms with Gasteiger partial charge in [-0.2, -0.15) is 0 Å². The van der Waals surface area contributed by atoms with Crippen molar-refractivity contribution in [2.24, 2.45) is 0 Å². The zero-order chi connectivity index (χ0) is 15.2. The Hall–Kier alpha value is -2.62. The van der Waals surface area contributed by atoms with Crippen molar-refractivity contribution in [2.75, 3.05) is 0 Å². The third kappa shape index (κ3) is 3.48. The molecule has 4 nitrogen and oxygen atoms in total. The molecule has 2 aromatic rings. The summed E-state index contributed by atoms with van der Waals surface area (Å²) in [5, 5.41) is 0. The Morgan fingerprint density at radius 3 is 2.71 bits per heavy atom. The highest BCUT2D eigenvalue weighted by atomic mass is 16.5. The van der Waals surface area contributed by atoms with Gasteiger partial charge in [-0.05, 0) is 6.92 Å². The van der Waals surface area contributed by atoms with Crippen LogP contribution in [0.1, 0.15) is 12.6 Å². The molecular weight excluding hydrogens is 264 g/mol. The van der Waals surface area contributed by atoms with Crippen molar-refractivity contribution in [2.45, 2.75) is 20.1 Å². The predicted molar refractivity (Wildman–Crippen MR) is 82.5 cm³/mol. The third-order valence-electron chi connectivity index (χ3n) is 2.98. The van der Waals surface area contributed by atoms with Gasteiger partial charge in [0.25, 0.3) is 0 Å². The van der Waals surface area contributed by atoms with Gasteiger partial charge < -0.3 is 9.30 Å². The Morgan fingerprint density at radius 1 is 1.38 bits per heavy atom. The Bertz CT molecular complexity index is 657. The molecule has 0 fully saturated rings. The van der Waals surface area contributed by atoms with Gasteiger partial charge in [0.1, 0.15) is 12.4 Å². The van der Waals surface area contributed by atoms with Gasteiger partial charge in [0, 0.05) is 17.7 Å². The van der Waals surface area contributed by atoms with Gasteiger partial charge in [0.2, 0.25) is 0 Å². The summed E-state index contributed by atoms with van der Waals surface area (Å²) in [5.41, 5.74) is 2.22. The van der Waals surface area contributed by atoms with Crippen molar-refractivity contribution in [3.8, 4) is 11.4 Å². The number of carbonyl (C=O) groups is 1. The first-order valence-electron chi connectivity index (χ1n) is 6.67. The largest absolute Gasteiger partial charge is 0.456 e. The van der Waals surface area contributed by atoms with Crippen molar-refractivity contribution in [3.05, 3.63) is 67.0 Å². The van der Waals surface area contributed by atoms with E-state index in [1.54, 1.807) is 19.2 Å². The SMILES string of the molecule is C=CCn1c(COC(=O)C(=C)C)cnc1-c1ccccc1. The molecule has 0 unspecified atom stereocenters. The number of nitrogens with zero attached hydrogens (tertiary/aromatic N) is 2. The van der Waals surface area contributed by atoms with E-state index in [9.17, 15) is 4.79 Å². The van der Waals surface area contributed by atoms with E-state index in [0.717, 1.165) is 17.1 Å². The number of esters is 1. The molecule has 0 saturated carbocycles. The van der Waals surface area contributed by atoms with Crippen LogP contribution in [0.2, 0.25) is 0 Å². The van der Waals surface area contributed by atoms with E-state index in [1.807, 2.05) is 34.9 Å². The fraction of sp³-hybridized carbons (Fsp3) is 0.176. The molecule has 1 aromatic carbocycles. The van der Waals surface area contributed by atoms with Gasteiger partial charge in [-0.3, -0.25) is 0 Å². The van der Waals surface area contributed by atoms with Crippen molar-refractivity contribution >= 4 is 5.97 Å². The Balaban J connectivity index is 2.27. The van der Waals surface area contributed by atoms with Gasteiger partial charge in [-0.25, -0.2) is 9.78 Å². The Kier molecular flexibility index (Phi) is 4.72. The van der Waals surface area contributed by atoms with Crippen LogP contribution in [0.5, 0.6) is 0 Å². The quantitative estimate of drug-likeness (QED) is 0.463. The highest BCUT2D eigenvalue weighted by molar-refractivity contribution is 5.86. The minimum absolute atomic E-state index is 0.166. The summed E-state index contributed by atoms with van der Waals surface area (Å²) in [7, 11) is 0. The Labute approximate surface area is 124 Å².